The van der Waals surface area contributed by atoms with E-state index in [-0.39, 0.29) is 17.1 Å². The highest BCUT2D eigenvalue weighted by atomic mass is 32.1. The molecule has 3 nitrogen and oxygen atoms in total. The van der Waals surface area contributed by atoms with Crippen LogP contribution in [0.3, 0.4) is 0 Å². The third-order valence-corrected chi connectivity index (χ3v) is 6.63. The zero-order valence-electron chi connectivity index (χ0n) is 13.7. The van der Waals surface area contributed by atoms with Crippen LogP contribution in [-0.2, 0) is 16.8 Å². The van der Waals surface area contributed by atoms with E-state index in [4.69, 9.17) is 15.5 Å². The van der Waals surface area contributed by atoms with Crippen molar-refractivity contribution in [2.75, 3.05) is 7.11 Å². The maximum Gasteiger partial charge on any atom is 0.125 e. The van der Waals surface area contributed by atoms with Crippen LogP contribution in [0, 0.1) is 11.3 Å². The molecule has 3 atom stereocenters. The van der Waals surface area contributed by atoms with Crippen molar-refractivity contribution in [3.63, 3.8) is 0 Å². The highest BCUT2D eigenvalue weighted by Crippen LogP contribution is 2.48. The lowest BCUT2D eigenvalue weighted by Crippen LogP contribution is -2.34. The van der Waals surface area contributed by atoms with Crippen LogP contribution in [0.1, 0.15) is 74.5 Å². The first-order valence-electron chi connectivity index (χ1n) is 8.16. The van der Waals surface area contributed by atoms with Crippen LogP contribution in [-0.4, -0.2) is 12.1 Å². The Morgan fingerprint density at radius 3 is 2.76 bits per heavy atom. The van der Waals surface area contributed by atoms with Crippen molar-refractivity contribution >= 4 is 11.3 Å². The summed E-state index contributed by atoms with van der Waals surface area (Å²) in [4.78, 5) is 6.32. The molecule has 118 valence electrons. The van der Waals surface area contributed by atoms with E-state index in [0.717, 1.165) is 25.7 Å². The van der Waals surface area contributed by atoms with Gasteiger partial charge in [0.05, 0.1) is 5.69 Å². The lowest BCUT2D eigenvalue weighted by molar-refractivity contribution is -0.0581. The number of methoxy groups -OCH3 is 1. The summed E-state index contributed by atoms with van der Waals surface area (Å²) in [6.45, 7) is 6.92. The number of nitrogens with two attached hydrogens (primary N) is 1. The molecule has 0 amide bonds. The summed E-state index contributed by atoms with van der Waals surface area (Å²) in [7, 11) is 1.85. The van der Waals surface area contributed by atoms with Crippen LogP contribution in [0.4, 0.5) is 0 Å². The second-order valence-electron chi connectivity index (χ2n) is 7.88. The molecule has 21 heavy (non-hydrogen) atoms. The molecule has 2 aliphatic rings. The van der Waals surface area contributed by atoms with Crippen LogP contribution in [0.25, 0.3) is 0 Å². The highest BCUT2D eigenvalue weighted by molar-refractivity contribution is 7.12. The van der Waals surface area contributed by atoms with E-state index in [0.29, 0.717) is 5.92 Å². The first-order valence-corrected chi connectivity index (χ1v) is 8.98. The van der Waals surface area contributed by atoms with Gasteiger partial charge in [0.2, 0.25) is 0 Å². The van der Waals surface area contributed by atoms with Crippen molar-refractivity contribution in [2.24, 2.45) is 17.1 Å². The van der Waals surface area contributed by atoms with Crippen molar-refractivity contribution in [3.8, 4) is 0 Å². The summed E-state index contributed by atoms with van der Waals surface area (Å²) in [6.07, 6.45) is 6.83. The smallest absolute Gasteiger partial charge is 0.125 e. The Labute approximate surface area is 132 Å². The Bertz CT molecular complexity index is 525. The molecule has 0 aromatic carbocycles. The van der Waals surface area contributed by atoms with Crippen molar-refractivity contribution in [1.82, 2.24) is 4.98 Å². The average molecular weight is 308 g/mol. The van der Waals surface area contributed by atoms with Gasteiger partial charge in [-0.05, 0) is 43.4 Å². The second-order valence-corrected chi connectivity index (χ2v) is 8.91. The lowest BCUT2D eigenvalue weighted by Gasteiger charge is -2.37. The Kier molecular flexibility index (Phi) is 3.92. The van der Waals surface area contributed by atoms with Gasteiger partial charge in [-0.15, -0.1) is 11.3 Å². The minimum absolute atomic E-state index is 0.143. The van der Waals surface area contributed by atoms with Gasteiger partial charge < -0.3 is 10.5 Å². The van der Waals surface area contributed by atoms with Crippen molar-refractivity contribution < 1.29 is 4.74 Å². The summed E-state index contributed by atoms with van der Waals surface area (Å²) in [5.74, 6) is 0.713. The number of rotatable bonds is 2. The van der Waals surface area contributed by atoms with Gasteiger partial charge in [-0.2, -0.15) is 0 Å². The van der Waals surface area contributed by atoms with Crippen LogP contribution >= 0.6 is 11.3 Å². The van der Waals surface area contributed by atoms with Gasteiger partial charge in [0.25, 0.3) is 0 Å². The standard InChI is InChI=1S/C17H28N2OS/c1-11-6-5-7-17(8-11,20-4)15-19-13-10-16(2,3)9-12(18)14(13)21-15/h11-12H,5-10,18H2,1-4H3. The summed E-state index contributed by atoms with van der Waals surface area (Å²) in [5.41, 5.74) is 7.73. The van der Waals surface area contributed by atoms with E-state index in [1.165, 1.54) is 28.4 Å². The lowest BCUT2D eigenvalue weighted by atomic mass is 9.76. The maximum absolute atomic E-state index is 6.41. The van der Waals surface area contributed by atoms with Crippen molar-refractivity contribution in [3.05, 3.63) is 15.6 Å². The predicted octanol–water partition coefficient (Wildman–Crippen LogP) is 4.17. The van der Waals surface area contributed by atoms with E-state index in [9.17, 15) is 0 Å². The molecule has 4 heteroatoms. The van der Waals surface area contributed by atoms with E-state index >= 15 is 0 Å². The van der Waals surface area contributed by atoms with Gasteiger partial charge in [-0.25, -0.2) is 4.98 Å². The van der Waals surface area contributed by atoms with Gasteiger partial charge in [0.15, 0.2) is 0 Å². The van der Waals surface area contributed by atoms with Crippen LogP contribution in [0.2, 0.25) is 0 Å². The van der Waals surface area contributed by atoms with Gasteiger partial charge in [0.1, 0.15) is 10.6 Å². The number of ether oxygens (including phenoxy) is 1. The fourth-order valence-electron chi connectivity index (χ4n) is 4.16. The molecule has 0 spiro atoms. The van der Waals surface area contributed by atoms with Crippen LogP contribution in [0.5, 0.6) is 0 Å². The topological polar surface area (TPSA) is 48.1 Å². The molecule has 0 saturated heterocycles. The Morgan fingerprint density at radius 1 is 1.33 bits per heavy atom. The van der Waals surface area contributed by atoms with Crippen molar-refractivity contribution in [1.29, 1.82) is 0 Å². The minimum Gasteiger partial charge on any atom is -0.371 e. The molecule has 1 heterocycles. The van der Waals surface area contributed by atoms with Gasteiger partial charge >= 0.3 is 0 Å². The molecule has 3 rings (SSSR count). The fourth-order valence-corrected chi connectivity index (χ4v) is 5.45. The molecule has 3 unspecified atom stereocenters. The largest absolute Gasteiger partial charge is 0.371 e. The molecule has 2 N–H and O–H groups in total. The second kappa shape index (κ2) is 5.32. The van der Waals surface area contributed by atoms with Crippen molar-refractivity contribution in [2.45, 2.75) is 70.9 Å². The summed E-state index contributed by atoms with van der Waals surface area (Å²) >= 11 is 1.82. The summed E-state index contributed by atoms with van der Waals surface area (Å²) in [5, 5.41) is 1.18. The first-order chi connectivity index (χ1) is 9.85. The van der Waals surface area contributed by atoms with E-state index in [1.807, 2.05) is 18.4 Å². The molecular weight excluding hydrogens is 280 g/mol. The Morgan fingerprint density at radius 2 is 2.10 bits per heavy atom. The van der Waals surface area contributed by atoms with E-state index in [2.05, 4.69) is 20.8 Å². The molecule has 0 radical (unpaired) electrons. The molecule has 1 aromatic rings. The molecule has 0 aliphatic heterocycles. The van der Waals surface area contributed by atoms with Gasteiger partial charge in [-0.1, -0.05) is 27.2 Å². The number of hydrogen-bond donors (Lipinski definition) is 1. The molecule has 1 fully saturated rings. The number of fused-ring (bicyclic) bond motifs is 1. The molecule has 2 aliphatic carbocycles. The normalized spacial score (nSPS) is 35.5. The predicted molar refractivity (Wildman–Crippen MR) is 87.5 cm³/mol. The molecule has 0 bridgehead atoms. The van der Waals surface area contributed by atoms with Crippen LogP contribution < -0.4 is 5.73 Å². The third-order valence-electron chi connectivity index (χ3n) is 5.22. The SMILES string of the molecule is COC1(c2nc3c(s2)C(N)CC(C)(C)C3)CCCC(C)C1. The summed E-state index contributed by atoms with van der Waals surface area (Å²) in [6, 6.07) is 0.143. The molecule has 1 saturated carbocycles. The number of aromatic nitrogens is 1. The van der Waals surface area contributed by atoms with E-state index in [1.54, 1.807) is 0 Å². The van der Waals surface area contributed by atoms with Gasteiger partial charge in [-0.3, -0.25) is 0 Å². The molecular formula is C17H28N2OS. The number of thiazole rings is 1. The first kappa shape index (κ1) is 15.4. The maximum atomic E-state index is 6.41. The Balaban J connectivity index is 1.97. The van der Waals surface area contributed by atoms with E-state index < -0.39 is 0 Å². The molecule has 1 aromatic heterocycles. The zero-order chi connectivity index (χ0) is 15.3. The Hall–Kier alpha value is -0.450. The number of nitrogens with zero attached hydrogens (tertiary/aromatic N) is 1. The monoisotopic (exact) mass is 308 g/mol. The average Bonchev–Trinajstić information content (AvgIpc) is 2.81. The van der Waals surface area contributed by atoms with Crippen LogP contribution in [0.15, 0.2) is 0 Å². The summed E-state index contributed by atoms with van der Waals surface area (Å²) < 4.78 is 6.01. The zero-order valence-corrected chi connectivity index (χ0v) is 14.6. The highest BCUT2D eigenvalue weighted by Gasteiger charge is 2.42. The van der Waals surface area contributed by atoms with Gasteiger partial charge in [0, 0.05) is 18.0 Å². The fraction of sp³-hybridized carbons (Fsp3) is 0.824. The number of hydrogen-bond acceptors (Lipinski definition) is 4. The minimum atomic E-state index is -0.163. The quantitative estimate of drug-likeness (QED) is 0.892. The third kappa shape index (κ3) is 2.78.